The van der Waals surface area contributed by atoms with Gasteiger partial charge in [-0.05, 0) is 50.5 Å². The van der Waals surface area contributed by atoms with Crippen molar-refractivity contribution in [1.82, 2.24) is 9.21 Å². The summed E-state index contributed by atoms with van der Waals surface area (Å²) in [5.41, 5.74) is 0.462. The Balaban J connectivity index is 1.90. The van der Waals surface area contributed by atoms with Gasteiger partial charge >= 0.3 is 5.97 Å². The van der Waals surface area contributed by atoms with Crippen LogP contribution in [0.2, 0.25) is 0 Å². The van der Waals surface area contributed by atoms with Crippen LogP contribution in [0.1, 0.15) is 33.1 Å². The van der Waals surface area contributed by atoms with E-state index in [1.165, 1.54) is 38.2 Å². The largest absolute Gasteiger partial charge is 0.455 e. The van der Waals surface area contributed by atoms with E-state index in [1.54, 1.807) is 4.90 Å². The number of nitrogens with one attached hydrogen (secondary N) is 1. The van der Waals surface area contributed by atoms with Crippen LogP contribution in [-0.2, 0) is 29.1 Å². The van der Waals surface area contributed by atoms with Gasteiger partial charge in [-0.2, -0.15) is 4.31 Å². The highest BCUT2D eigenvalue weighted by Gasteiger charge is 2.26. The van der Waals surface area contributed by atoms with Gasteiger partial charge in [-0.1, -0.05) is 0 Å². The topological polar surface area (TPSA) is 113 Å². The summed E-state index contributed by atoms with van der Waals surface area (Å²) in [7, 11) is -2.67. The monoisotopic (exact) mass is 425 g/mol. The predicted octanol–water partition coefficient (Wildman–Crippen LogP) is 1.21. The Morgan fingerprint density at radius 3 is 2.45 bits per heavy atom. The first-order chi connectivity index (χ1) is 13.6. The van der Waals surface area contributed by atoms with Crippen molar-refractivity contribution < 1.29 is 27.5 Å². The zero-order valence-electron chi connectivity index (χ0n) is 16.9. The molecule has 1 atom stereocenters. The first-order valence-electron chi connectivity index (χ1n) is 9.40. The fourth-order valence-electron chi connectivity index (χ4n) is 3.10. The minimum absolute atomic E-state index is 0.0277. The van der Waals surface area contributed by atoms with E-state index < -0.39 is 29.1 Å². The number of benzene rings is 1. The van der Waals surface area contributed by atoms with Crippen LogP contribution < -0.4 is 5.32 Å². The van der Waals surface area contributed by atoms with Crippen LogP contribution in [-0.4, -0.2) is 68.2 Å². The van der Waals surface area contributed by atoms with Crippen LogP contribution >= 0.6 is 0 Å². The lowest BCUT2D eigenvalue weighted by Gasteiger charge is -2.33. The number of hydrogen-bond acceptors (Lipinski definition) is 6. The molecule has 1 N–H and O–H groups in total. The maximum Gasteiger partial charge on any atom is 0.321 e. The number of amides is 2. The third-order valence-corrected chi connectivity index (χ3v) is 6.53. The molecule has 0 saturated carbocycles. The van der Waals surface area contributed by atoms with Crippen molar-refractivity contribution in [2.75, 3.05) is 32.1 Å². The molecule has 0 bridgehead atoms. The van der Waals surface area contributed by atoms with E-state index >= 15 is 0 Å². The number of hydrogen-bond donors (Lipinski definition) is 1. The van der Waals surface area contributed by atoms with Crippen molar-refractivity contribution in [1.29, 1.82) is 0 Å². The van der Waals surface area contributed by atoms with Crippen molar-refractivity contribution in [3.8, 4) is 0 Å². The molecule has 160 valence electrons. The van der Waals surface area contributed by atoms with Gasteiger partial charge in [0.25, 0.3) is 5.91 Å². The molecule has 1 fully saturated rings. The quantitative estimate of drug-likeness (QED) is 0.657. The van der Waals surface area contributed by atoms with Gasteiger partial charge < -0.3 is 15.0 Å². The number of carbonyl (C=O) groups is 3. The minimum atomic E-state index is -3.92. The Hall–Kier alpha value is -2.46. The molecule has 1 aromatic carbocycles. The standard InChI is InChI=1S/C19H27N3O6S/c1-14-6-4-5-11-22(14)18(24)13-28-19(25)12-21(3)29(26,27)17-9-7-16(8-10-17)20-15(2)23/h7-10,14H,4-6,11-13H2,1-3H3,(H,20,23)/t14-/m1/s1. The molecule has 1 aromatic rings. The van der Waals surface area contributed by atoms with Crippen molar-refractivity contribution >= 4 is 33.5 Å². The Kier molecular flexibility index (Phi) is 7.74. The third kappa shape index (κ3) is 6.26. The Morgan fingerprint density at radius 1 is 1.21 bits per heavy atom. The van der Waals surface area contributed by atoms with E-state index in [2.05, 4.69) is 5.32 Å². The average molecular weight is 426 g/mol. The fourth-order valence-corrected chi connectivity index (χ4v) is 4.21. The first kappa shape index (κ1) is 22.8. The second-order valence-corrected chi connectivity index (χ2v) is 9.10. The van der Waals surface area contributed by atoms with Crippen LogP contribution in [0.15, 0.2) is 29.2 Å². The lowest BCUT2D eigenvalue weighted by atomic mass is 10.0. The van der Waals surface area contributed by atoms with Gasteiger partial charge in [-0.25, -0.2) is 8.42 Å². The number of piperidine rings is 1. The van der Waals surface area contributed by atoms with E-state index in [0.717, 1.165) is 23.6 Å². The van der Waals surface area contributed by atoms with Gasteiger partial charge in [-0.3, -0.25) is 14.4 Å². The van der Waals surface area contributed by atoms with E-state index in [-0.39, 0.29) is 22.8 Å². The summed E-state index contributed by atoms with van der Waals surface area (Å²) in [6.45, 7) is 3.03. The van der Waals surface area contributed by atoms with E-state index in [4.69, 9.17) is 4.74 Å². The molecule has 0 unspecified atom stereocenters. The van der Waals surface area contributed by atoms with Crippen LogP contribution in [0.5, 0.6) is 0 Å². The summed E-state index contributed by atoms with van der Waals surface area (Å²) in [5.74, 6) is -1.34. The molecule has 0 aliphatic carbocycles. The zero-order chi connectivity index (χ0) is 21.6. The summed E-state index contributed by atoms with van der Waals surface area (Å²) >= 11 is 0. The number of esters is 1. The van der Waals surface area contributed by atoms with Gasteiger partial charge in [0, 0.05) is 32.2 Å². The highest BCUT2D eigenvalue weighted by molar-refractivity contribution is 7.89. The molecule has 29 heavy (non-hydrogen) atoms. The molecule has 1 heterocycles. The highest BCUT2D eigenvalue weighted by Crippen LogP contribution is 2.18. The van der Waals surface area contributed by atoms with Crippen molar-refractivity contribution in [3.63, 3.8) is 0 Å². The lowest BCUT2D eigenvalue weighted by Crippen LogP contribution is -2.44. The molecule has 1 aliphatic rings. The van der Waals surface area contributed by atoms with Crippen LogP contribution in [0.4, 0.5) is 5.69 Å². The van der Waals surface area contributed by atoms with Gasteiger partial charge in [0.05, 0.1) is 4.90 Å². The molecule has 1 aliphatic heterocycles. The summed E-state index contributed by atoms with van der Waals surface area (Å²) in [5, 5.41) is 2.54. The molecule has 10 heteroatoms. The maximum absolute atomic E-state index is 12.6. The smallest absolute Gasteiger partial charge is 0.321 e. The van der Waals surface area contributed by atoms with Crippen molar-refractivity contribution in [3.05, 3.63) is 24.3 Å². The lowest BCUT2D eigenvalue weighted by molar-refractivity contribution is -0.153. The average Bonchev–Trinajstić information content (AvgIpc) is 2.66. The second-order valence-electron chi connectivity index (χ2n) is 7.06. The molecular formula is C19H27N3O6S. The number of likely N-dealkylation sites (tertiary alicyclic amines) is 1. The van der Waals surface area contributed by atoms with Gasteiger partial charge in [-0.15, -0.1) is 0 Å². The van der Waals surface area contributed by atoms with E-state index in [9.17, 15) is 22.8 Å². The summed E-state index contributed by atoms with van der Waals surface area (Å²) in [6, 6.07) is 5.70. The molecule has 2 rings (SSSR count). The first-order valence-corrected chi connectivity index (χ1v) is 10.8. The summed E-state index contributed by atoms with van der Waals surface area (Å²) in [4.78, 5) is 36.9. The minimum Gasteiger partial charge on any atom is -0.455 e. The van der Waals surface area contributed by atoms with Crippen molar-refractivity contribution in [2.24, 2.45) is 0 Å². The number of ether oxygens (including phenoxy) is 1. The van der Waals surface area contributed by atoms with Crippen LogP contribution in [0.25, 0.3) is 0 Å². The highest BCUT2D eigenvalue weighted by atomic mass is 32.2. The number of anilines is 1. The SMILES string of the molecule is CC(=O)Nc1ccc(S(=O)(=O)N(C)CC(=O)OCC(=O)N2CCCC[C@H]2C)cc1. The maximum atomic E-state index is 12.6. The molecule has 1 saturated heterocycles. The second kappa shape index (κ2) is 9.84. The molecule has 0 radical (unpaired) electrons. The summed E-state index contributed by atoms with van der Waals surface area (Å²) in [6.07, 6.45) is 2.91. The third-order valence-electron chi connectivity index (χ3n) is 4.71. The normalized spacial score (nSPS) is 17.1. The summed E-state index contributed by atoms with van der Waals surface area (Å²) < 4.78 is 31.0. The van der Waals surface area contributed by atoms with Crippen LogP contribution in [0, 0.1) is 0 Å². The molecular weight excluding hydrogens is 398 g/mol. The number of rotatable bonds is 7. The Labute approximate surface area is 171 Å². The molecule has 9 nitrogen and oxygen atoms in total. The predicted molar refractivity (Wildman–Crippen MR) is 107 cm³/mol. The van der Waals surface area contributed by atoms with Gasteiger partial charge in [0.1, 0.15) is 6.54 Å². The molecule has 0 spiro atoms. The van der Waals surface area contributed by atoms with E-state index in [1.807, 2.05) is 6.92 Å². The Morgan fingerprint density at radius 2 is 1.86 bits per heavy atom. The Bertz CT molecular complexity index is 853. The van der Waals surface area contributed by atoms with Gasteiger partial charge in [0.15, 0.2) is 6.61 Å². The van der Waals surface area contributed by atoms with Crippen LogP contribution in [0.3, 0.4) is 0 Å². The van der Waals surface area contributed by atoms with E-state index in [0.29, 0.717) is 12.2 Å². The van der Waals surface area contributed by atoms with Crippen molar-refractivity contribution in [2.45, 2.75) is 44.0 Å². The fraction of sp³-hybridized carbons (Fsp3) is 0.526. The zero-order valence-corrected chi connectivity index (χ0v) is 17.7. The number of nitrogens with zero attached hydrogens (tertiary/aromatic N) is 2. The molecule has 2 amide bonds. The molecule has 0 aromatic heterocycles. The number of carbonyl (C=O) groups excluding carboxylic acids is 3. The van der Waals surface area contributed by atoms with Gasteiger partial charge in [0.2, 0.25) is 15.9 Å². The number of sulfonamides is 1. The number of likely N-dealkylation sites (N-methyl/N-ethyl adjacent to an activating group) is 1.